The summed E-state index contributed by atoms with van der Waals surface area (Å²) in [6.07, 6.45) is 13.2. The highest BCUT2D eigenvalue weighted by Gasteiger charge is 2.59. The second-order valence-electron chi connectivity index (χ2n) is 19.2. The van der Waals surface area contributed by atoms with Gasteiger partial charge < -0.3 is 4.55 Å². The lowest BCUT2D eigenvalue weighted by molar-refractivity contribution is 0.191. The number of aryl methyl sites for hydroxylation is 3. The molecular weight excluding hydrogens is 769 g/mol. The van der Waals surface area contributed by atoms with Gasteiger partial charge in [0.2, 0.25) is 0 Å². The van der Waals surface area contributed by atoms with Crippen LogP contribution in [-0.2, 0) is 28.4 Å². The van der Waals surface area contributed by atoms with Crippen LogP contribution in [0.25, 0.3) is 27.8 Å². The molecule has 62 heavy (non-hydrogen) atoms. The van der Waals surface area contributed by atoms with Crippen molar-refractivity contribution in [2.24, 2.45) is 11.8 Å². The first kappa shape index (κ1) is 36.9. The van der Waals surface area contributed by atoms with Crippen molar-refractivity contribution in [2.75, 3.05) is 0 Å². The van der Waals surface area contributed by atoms with Crippen LogP contribution >= 0.6 is 0 Å². The minimum atomic E-state index is -1.32. The van der Waals surface area contributed by atoms with Gasteiger partial charge in [0.05, 0.1) is 5.41 Å². The summed E-state index contributed by atoms with van der Waals surface area (Å²) in [5.74, 6) is 1.90. The Morgan fingerprint density at radius 3 is 1.95 bits per heavy atom. The Hall–Kier alpha value is -5.67. The quantitative estimate of drug-likeness (QED) is 0.159. The lowest BCUT2D eigenvalue weighted by Gasteiger charge is -2.43. The van der Waals surface area contributed by atoms with Gasteiger partial charge in [-0.15, -0.1) is 0 Å². The van der Waals surface area contributed by atoms with E-state index >= 15 is 0 Å². The van der Waals surface area contributed by atoms with Crippen LogP contribution < -0.4 is 0 Å². The molecule has 7 aromatic rings. The van der Waals surface area contributed by atoms with Crippen LogP contribution in [0.2, 0.25) is 0 Å². The van der Waals surface area contributed by atoms with Crippen LogP contribution in [0.1, 0.15) is 106 Å². The number of hydrogen-bond donors (Lipinski definition) is 0. The zero-order valence-corrected chi connectivity index (χ0v) is 36.4. The third kappa shape index (κ3) is 4.91. The molecule has 1 nitrogen and oxygen atoms in total. The van der Waals surface area contributed by atoms with Crippen molar-refractivity contribution in [1.82, 2.24) is 0 Å². The van der Waals surface area contributed by atoms with Gasteiger partial charge in [0.25, 0.3) is 0 Å². The van der Waals surface area contributed by atoms with Crippen molar-refractivity contribution >= 4 is 16.7 Å². The van der Waals surface area contributed by atoms with Gasteiger partial charge in [0.15, 0.2) is 9.79 Å². The molecule has 5 atom stereocenters. The van der Waals surface area contributed by atoms with Gasteiger partial charge in [-0.25, -0.2) is 0 Å². The van der Waals surface area contributed by atoms with Crippen LogP contribution in [-0.4, -0.2) is 4.55 Å². The Morgan fingerprint density at radius 2 is 1.19 bits per heavy atom. The Bertz CT molecular complexity index is 3030. The predicted octanol–water partition coefficient (Wildman–Crippen LogP) is 14.4. The molecule has 0 N–H and O–H groups in total. The van der Waals surface area contributed by atoms with Crippen LogP contribution in [0.15, 0.2) is 179 Å². The van der Waals surface area contributed by atoms with Gasteiger partial charge >= 0.3 is 0 Å². The molecule has 6 aliphatic carbocycles. The summed E-state index contributed by atoms with van der Waals surface area (Å²) in [5.41, 5.74) is 23.3. The topological polar surface area (TPSA) is 23.1 Å². The highest BCUT2D eigenvalue weighted by atomic mass is 32.2. The molecular formula is C60H50OS. The predicted molar refractivity (Wildman–Crippen MR) is 254 cm³/mol. The Labute approximate surface area is 369 Å². The highest BCUT2D eigenvalue weighted by molar-refractivity contribution is 7.91. The van der Waals surface area contributed by atoms with Crippen LogP contribution in [0, 0.1) is 25.7 Å². The summed E-state index contributed by atoms with van der Waals surface area (Å²) in [5, 5.41) is 0. The van der Waals surface area contributed by atoms with Gasteiger partial charge in [-0.1, -0.05) is 145 Å². The van der Waals surface area contributed by atoms with Crippen molar-refractivity contribution < 1.29 is 4.55 Å². The molecule has 1 saturated carbocycles. The first-order chi connectivity index (χ1) is 30.5. The summed E-state index contributed by atoms with van der Waals surface area (Å²) >= 11 is -1.32. The maximum Gasteiger partial charge on any atom is 0.158 e. The largest absolute Gasteiger partial charge is 0.606 e. The SMILES string of the molecule is Cc1ccc2c(c1)C1(c3ccccc3-c3ccccc31)c1cc([S+]([O-])c3ccc(CC[C@@H]4CCC5c6ccc(C)cc6C6(C7=C(C=CCC7)c7ccccc76)C5C4)cc3)ccc1-2. The molecule has 0 heterocycles. The third-order valence-corrected chi connectivity index (χ3v) is 17.6. The third-order valence-electron chi connectivity index (χ3n) is 16.2. The maximum absolute atomic E-state index is 14.6. The van der Waals surface area contributed by atoms with Crippen molar-refractivity contribution in [2.45, 2.75) is 85.3 Å². The average Bonchev–Trinajstić information content (AvgIpc) is 3.99. The second-order valence-corrected chi connectivity index (χ2v) is 20.7. The first-order valence-electron chi connectivity index (χ1n) is 23.0. The van der Waals surface area contributed by atoms with E-state index in [-0.39, 0.29) is 5.41 Å². The fourth-order valence-electron chi connectivity index (χ4n) is 13.8. The van der Waals surface area contributed by atoms with Crippen molar-refractivity contribution in [3.8, 4) is 22.3 Å². The first-order valence-corrected chi connectivity index (χ1v) is 24.2. The molecule has 0 amide bonds. The van der Waals surface area contributed by atoms with E-state index in [0.29, 0.717) is 17.8 Å². The summed E-state index contributed by atoms with van der Waals surface area (Å²) in [6.45, 7) is 4.48. The molecule has 4 unspecified atom stereocenters. The zero-order valence-electron chi connectivity index (χ0n) is 35.6. The minimum Gasteiger partial charge on any atom is -0.606 e. The minimum absolute atomic E-state index is 0.00342. The van der Waals surface area contributed by atoms with Gasteiger partial charge in [-0.3, -0.25) is 0 Å². The van der Waals surface area contributed by atoms with Crippen LogP contribution in [0.4, 0.5) is 0 Å². The zero-order chi connectivity index (χ0) is 41.3. The second kappa shape index (κ2) is 13.7. The van der Waals surface area contributed by atoms with E-state index in [1.165, 1.54) is 98.0 Å². The molecule has 13 rings (SSSR count). The Morgan fingerprint density at radius 1 is 0.581 bits per heavy atom. The fourth-order valence-corrected chi connectivity index (χ4v) is 14.9. The van der Waals surface area contributed by atoms with E-state index in [1.807, 2.05) is 0 Å². The molecule has 0 aliphatic heterocycles. The van der Waals surface area contributed by atoms with Gasteiger partial charge in [0.1, 0.15) is 0 Å². The molecule has 0 aromatic heterocycles. The number of hydrogen-bond acceptors (Lipinski definition) is 1. The lowest BCUT2D eigenvalue weighted by Crippen LogP contribution is -2.38. The van der Waals surface area contributed by atoms with E-state index < -0.39 is 16.6 Å². The lowest BCUT2D eigenvalue weighted by atomic mass is 9.59. The fraction of sp³-hybridized carbons (Fsp3) is 0.233. The number of fused-ring (bicyclic) bond motifs is 19. The molecule has 2 heteroatoms. The summed E-state index contributed by atoms with van der Waals surface area (Å²) in [4.78, 5) is 1.73. The number of benzene rings is 7. The van der Waals surface area contributed by atoms with E-state index in [2.05, 4.69) is 178 Å². The van der Waals surface area contributed by atoms with Crippen molar-refractivity contribution in [3.05, 3.63) is 231 Å². The van der Waals surface area contributed by atoms with Crippen LogP contribution in [0.3, 0.4) is 0 Å². The highest BCUT2D eigenvalue weighted by Crippen LogP contribution is 2.68. The van der Waals surface area contributed by atoms with E-state index in [0.717, 1.165) is 29.1 Å². The molecule has 0 radical (unpaired) electrons. The molecule has 0 bridgehead atoms. The molecule has 6 aliphatic rings. The van der Waals surface area contributed by atoms with Gasteiger partial charge in [-0.2, -0.15) is 0 Å². The average molecular weight is 819 g/mol. The Kier molecular flexibility index (Phi) is 8.14. The standard InChI is InChI=1S/C60H50OS/c1-37-19-29-47-49-31-25-40(35-57(49)59(55(47)33-37)51-15-7-3-11-43(51)44-12-4-8-16-52(44)59)22-21-39-23-26-41(27-24-39)62(61)42-28-32-50-48-30-20-38(2)34-56(48)60(58(50)36-42)53-17-9-5-13-45(53)46-14-6-10-18-54(46)60/h3-7,9-15,17-20,23-24,26-30,32-34,36,40,49,57H,8,16,21-22,25,31,35H2,1-2H3/t40-,49?,57?,59?,62?/m1/s1. The monoisotopic (exact) mass is 818 g/mol. The van der Waals surface area contributed by atoms with Crippen molar-refractivity contribution in [3.63, 3.8) is 0 Å². The molecule has 2 spiro atoms. The summed E-state index contributed by atoms with van der Waals surface area (Å²) < 4.78 is 14.6. The molecule has 0 saturated heterocycles. The number of allylic oxidation sites excluding steroid dienone is 4. The molecule has 7 aromatic carbocycles. The van der Waals surface area contributed by atoms with Gasteiger partial charge in [0, 0.05) is 16.6 Å². The number of rotatable bonds is 5. The van der Waals surface area contributed by atoms with E-state index in [4.69, 9.17) is 0 Å². The van der Waals surface area contributed by atoms with Crippen LogP contribution in [0.5, 0.6) is 0 Å². The summed E-state index contributed by atoms with van der Waals surface area (Å²) in [6, 6.07) is 56.9. The van der Waals surface area contributed by atoms with E-state index in [9.17, 15) is 4.55 Å². The smallest absolute Gasteiger partial charge is 0.158 e. The molecule has 1 fully saturated rings. The van der Waals surface area contributed by atoms with E-state index in [1.54, 1.807) is 22.3 Å². The van der Waals surface area contributed by atoms with Gasteiger partial charge in [-0.05, 0) is 190 Å². The normalized spacial score (nSPS) is 23.0. The van der Waals surface area contributed by atoms with Crippen molar-refractivity contribution in [1.29, 1.82) is 0 Å². The summed E-state index contributed by atoms with van der Waals surface area (Å²) in [7, 11) is 0. The molecule has 302 valence electrons. The Balaban J connectivity index is 0.788. The maximum atomic E-state index is 14.6.